The van der Waals surface area contributed by atoms with Crippen LogP contribution in [0.5, 0.6) is 0 Å². The molecule has 66 valence electrons. The highest BCUT2D eigenvalue weighted by Crippen LogP contribution is 1.82. The molecule has 0 amide bonds. The Morgan fingerprint density at radius 3 is 2.92 bits per heavy atom. The quantitative estimate of drug-likeness (QED) is 0.358. The smallest absolute Gasteiger partial charge is 0.332 e. The van der Waals surface area contributed by atoms with E-state index >= 15 is 0 Å². The van der Waals surface area contributed by atoms with Crippen LogP contribution in [0.25, 0.3) is 0 Å². The lowest BCUT2D eigenvalue weighted by molar-refractivity contribution is -0.136. The summed E-state index contributed by atoms with van der Waals surface area (Å²) in [6.45, 7) is 5.39. The van der Waals surface area contributed by atoms with E-state index in [1.54, 1.807) is 6.92 Å². The number of allylic oxidation sites excluding steroid dienone is 2. The lowest BCUT2D eigenvalue weighted by Gasteiger charge is -1.92. The van der Waals surface area contributed by atoms with Gasteiger partial charge < -0.3 is 4.74 Å². The van der Waals surface area contributed by atoms with E-state index in [1.807, 2.05) is 0 Å². The molecule has 0 saturated heterocycles. The second-order valence-electron chi connectivity index (χ2n) is 2.19. The molecule has 0 aliphatic carbocycles. The van der Waals surface area contributed by atoms with Crippen molar-refractivity contribution in [2.75, 3.05) is 6.61 Å². The molecule has 0 heterocycles. The third-order valence-electron chi connectivity index (χ3n) is 0.904. The summed E-state index contributed by atoms with van der Waals surface area (Å²) < 4.78 is 4.66. The van der Waals surface area contributed by atoms with Crippen molar-refractivity contribution in [2.24, 2.45) is 0 Å². The van der Waals surface area contributed by atoms with Crippen molar-refractivity contribution in [1.82, 2.24) is 0 Å². The Morgan fingerprint density at radius 2 is 2.38 bits per heavy atom. The average molecular weight is 174 g/mol. The molecule has 2 heteroatoms. The van der Waals surface area contributed by atoms with Gasteiger partial charge in [-0.1, -0.05) is 24.3 Å². The van der Waals surface area contributed by atoms with Gasteiger partial charge in [-0.25, -0.2) is 4.79 Å². The molecule has 0 fully saturated rings. The van der Waals surface area contributed by atoms with E-state index in [9.17, 15) is 4.79 Å². The fourth-order valence-corrected chi connectivity index (χ4v) is 0.458. The lowest BCUT2D eigenvalue weighted by atomic mass is 10.3. The number of esters is 1. The van der Waals surface area contributed by atoms with Gasteiger partial charge in [0.1, 0.15) is 0 Å². The second kappa shape index (κ2) is 6.76. The number of carbonyl (C=O) groups excluding carboxylic acids is 1. The largest absolute Gasteiger partial charge is 0.449 e. The van der Waals surface area contributed by atoms with Crippen LogP contribution in [-0.4, -0.2) is 12.6 Å². The van der Waals surface area contributed by atoms with Crippen molar-refractivity contribution in [3.05, 3.63) is 24.3 Å². The molecule has 0 saturated carbocycles. The monoisotopic (exact) mass is 174 g/mol. The summed E-state index contributed by atoms with van der Waals surface area (Å²) in [5.74, 6) is 6.97. The summed E-state index contributed by atoms with van der Waals surface area (Å²) in [5.41, 5.74) is 0.732. The Kier molecular flexibility index (Phi) is 5.76. The van der Waals surface area contributed by atoms with Crippen LogP contribution < -0.4 is 0 Å². The predicted molar refractivity (Wildman–Crippen MR) is 51.5 cm³/mol. The Hall–Kier alpha value is -1.93. The van der Waals surface area contributed by atoms with E-state index in [1.165, 1.54) is 12.2 Å². The summed E-state index contributed by atoms with van der Waals surface area (Å²) >= 11 is 0. The van der Waals surface area contributed by atoms with E-state index in [0.29, 0.717) is 0 Å². The molecule has 0 N–H and O–H groups in total. The lowest BCUT2D eigenvalue weighted by Crippen LogP contribution is -2.00. The highest BCUT2D eigenvalue weighted by Gasteiger charge is 1.91. The normalized spacial score (nSPS) is 8.31. The third kappa shape index (κ3) is 7.97. The minimum absolute atomic E-state index is 0.0562. The number of hydrogen-bond acceptors (Lipinski definition) is 2. The standard InChI is InChI=1S/C11H10O2/c1-4-5-8-11(12)13-9-6-7-10(2)3/h1,5,8H,2,9H2,3H3/b8-5-. The maximum absolute atomic E-state index is 10.8. The zero-order valence-corrected chi connectivity index (χ0v) is 7.46. The van der Waals surface area contributed by atoms with Crippen molar-refractivity contribution in [2.45, 2.75) is 6.92 Å². The molecule has 0 aliphatic rings. The van der Waals surface area contributed by atoms with E-state index in [4.69, 9.17) is 6.42 Å². The molecule has 0 spiro atoms. The van der Waals surface area contributed by atoms with E-state index < -0.39 is 5.97 Å². The molecular formula is C11H10O2. The Morgan fingerprint density at radius 1 is 1.69 bits per heavy atom. The highest BCUT2D eigenvalue weighted by molar-refractivity contribution is 5.82. The minimum Gasteiger partial charge on any atom is -0.449 e. The zero-order chi connectivity index (χ0) is 10.1. The molecule has 0 aliphatic heterocycles. The molecule has 2 nitrogen and oxygen atoms in total. The SMILES string of the molecule is C#C/C=C\C(=O)OCC#CC(=C)C. The molecule has 0 rings (SSSR count). The molecule has 13 heavy (non-hydrogen) atoms. The van der Waals surface area contributed by atoms with Crippen LogP contribution in [0.2, 0.25) is 0 Å². The Labute approximate surface area is 78.3 Å². The summed E-state index contributed by atoms with van der Waals surface area (Å²) in [6.07, 6.45) is 7.33. The van der Waals surface area contributed by atoms with Crippen LogP contribution in [-0.2, 0) is 9.53 Å². The molecule has 0 aromatic carbocycles. The van der Waals surface area contributed by atoms with Crippen molar-refractivity contribution in [1.29, 1.82) is 0 Å². The first kappa shape index (κ1) is 11.1. The second-order valence-corrected chi connectivity index (χ2v) is 2.19. The summed E-state index contributed by atoms with van der Waals surface area (Å²) in [7, 11) is 0. The Balaban J connectivity index is 3.75. The van der Waals surface area contributed by atoms with Gasteiger partial charge in [0.2, 0.25) is 0 Å². The van der Waals surface area contributed by atoms with E-state index in [0.717, 1.165) is 5.57 Å². The number of carbonyl (C=O) groups is 1. The summed E-state index contributed by atoms with van der Waals surface area (Å²) in [6, 6.07) is 0. The highest BCUT2D eigenvalue weighted by atomic mass is 16.5. The number of ether oxygens (including phenoxy) is 1. The summed E-state index contributed by atoms with van der Waals surface area (Å²) in [5, 5.41) is 0. The van der Waals surface area contributed by atoms with E-state index in [2.05, 4.69) is 29.1 Å². The van der Waals surface area contributed by atoms with Crippen LogP contribution in [0.1, 0.15) is 6.92 Å². The first-order valence-electron chi connectivity index (χ1n) is 3.60. The van der Waals surface area contributed by atoms with Crippen LogP contribution in [0, 0.1) is 24.2 Å². The Bertz CT molecular complexity index is 318. The number of terminal acetylenes is 1. The van der Waals surface area contributed by atoms with Gasteiger partial charge in [0.25, 0.3) is 0 Å². The van der Waals surface area contributed by atoms with Crippen LogP contribution in [0.4, 0.5) is 0 Å². The van der Waals surface area contributed by atoms with Crippen molar-refractivity contribution in [3.63, 3.8) is 0 Å². The topological polar surface area (TPSA) is 26.3 Å². The van der Waals surface area contributed by atoms with Gasteiger partial charge in [0, 0.05) is 6.08 Å². The first-order valence-corrected chi connectivity index (χ1v) is 3.60. The fourth-order valence-electron chi connectivity index (χ4n) is 0.458. The number of rotatable bonds is 2. The van der Waals surface area contributed by atoms with Crippen LogP contribution in [0.3, 0.4) is 0 Å². The van der Waals surface area contributed by atoms with Crippen molar-refractivity contribution < 1.29 is 9.53 Å². The fraction of sp³-hybridized carbons (Fsp3) is 0.182. The molecule has 0 aromatic rings. The van der Waals surface area contributed by atoms with Crippen molar-refractivity contribution >= 4 is 5.97 Å². The number of hydrogen-bond donors (Lipinski definition) is 0. The minimum atomic E-state index is -0.492. The molecule has 0 aromatic heterocycles. The third-order valence-corrected chi connectivity index (χ3v) is 0.904. The van der Waals surface area contributed by atoms with E-state index in [-0.39, 0.29) is 6.61 Å². The summed E-state index contributed by atoms with van der Waals surface area (Å²) in [4.78, 5) is 10.8. The average Bonchev–Trinajstić information content (AvgIpc) is 2.08. The van der Waals surface area contributed by atoms with Gasteiger partial charge in [-0.05, 0) is 18.6 Å². The maximum Gasteiger partial charge on any atom is 0.332 e. The predicted octanol–water partition coefficient (Wildman–Crippen LogP) is 1.30. The molecule has 0 unspecified atom stereocenters. The maximum atomic E-state index is 10.8. The van der Waals surface area contributed by atoms with Gasteiger partial charge in [-0.15, -0.1) is 6.42 Å². The van der Waals surface area contributed by atoms with Gasteiger partial charge in [-0.3, -0.25) is 0 Å². The van der Waals surface area contributed by atoms with Crippen molar-refractivity contribution in [3.8, 4) is 24.2 Å². The first-order chi connectivity index (χ1) is 6.16. The van der Waals surface area contributed by atoms with Gasteiger partial charge in [-0.2, -0.15) is 0 Å². The van der Waals surface area contributed by atoms with Gasteiger partial charge >= 0.3 is 5.97 Å². The molecular weight excluding hydrogens is 164 g/mol. The molecule has 0 radical (unpaired) electrons. The molecule has 0 bridgehead atoms. The van der Waals surface area contributed by atoms with Gasteiger partial charge in [0.05, 0.1) is 0 Å². The van der Waals surface area contributed by atoms with Crippen LogP contribution in [0.15, 0.2) is 24.3 Å². The zero-order valence-electron chi connectivity index (χ0n) is 7.46. The van der Waals surface area contributed by atoms with Gasteiger partial charge in [0.15, 0.2) is 6.61 Å². The van der Waals surface area contributed by atoms with Crippen LogP contribution >= 0.6 is 0 Å². The molecule has 0 atom stereocenters.